The summed E-state index contributed by atoms with van der Waals surface area (Å²) in [5, 5.41) is 15.4. The molecule has 2 heterocycles. The molecule has 35 heavy (non-hydrogen) atoms. The Labute approximate surface area is 210 Å². The number of benzene rings is 2. The maximum Gasteiger partial charge on any atom is 0.286 e. The minimum absolute atomic E-state index is 0.0171. The first-order chi connectivity index (χ1) is 17.0. The fraction of sp³-hybridized carbons (Fsp3) is 0.385. The van der Waals surface area contributed by atoms with Gasteiger partial charge in [-0.15, -0.1) is 10.2 Å². The normalized spacial score (nSPS) is 14.6. The van der Waals surface area contributed by atoms with Crippen LogP contribution in [0.1, 0.15) is 39.8 Å². The third-order valence-corrected chi connectivity index (χ3v) is 7.05. The molecule has 1 fully saturated rings. The number of para-hydroxylation sites is 1. The molecule has 1 aliphatic rings. The van der Waals surface area contributed by atoms with Gasteiger partial charge in [0.1, 0.15) is 5.01 Å². The highest BCUT2D eigenvalue weighted by molar-refractivity contribution is 7.13. The second-order valence-electron chi connectivity index (χ2n) is 8.62. The number of hydrogen-bond donors (Lipinski definition) is 2. The van der Waals surface area contributed by atoms with Crippen molar-refractivity contribution in [2.45, 2.75) is 33.2 Å². The van der Waals surface area contributed by atoms with Gasteiger partial charge in [-0.1, -0.05) is 55.5 Å². The molecule has 2 N–H and O–H groups in total. The first-order valence-corrected chi connectivity index (χ1v) is 12.9. The second-order valence-corrected chi connectivity index (χ2v) is 9.68. The highest BCUT2D eigenvalue weighted by Gasteiger charge is 2.21. The lowest BCUT2D eigenvalue weighted by atomic mass is 10.1. The van der Waals surface area contributed by atoms with Gasteiger partial charge in [-0.2, -0.15) is 0 Å². The van der Waals surface area contributed by atoms with Gasteiger partial charge < -0.3 is 10.6 Å². The number of amides is 2. The lowest BCUT2D eigenvalue weighted by Crippen LogP contribution is -2.48. The Kier molecular flexibility index (Phi) is 8.57. The predicted molar refractivity (Wildman–Crippen MR) is 140 cm³/mol. The number of hydrogen-bond acceptors (Lipinski definition) is 7. The number of nitrogens with zero attached hydrogens (tertiary/aromatic N) is 4. The molecule has 1 aromatic heterocycles. The molecule has 4 rings (SSSR count). The summed E-state index contributed by atoms with van der Waals surface area (Å²) in [6.07, 6.45) is 1.85. The number of aromatic nitrogens is 2. The summed E-state index contributed by atoms with van der Waals surface area (Å²) >= 11 is 1.32. The summed E-state index contributed by atoms with van der Waals surface area (Å²) in [5.74, 6) is -0.220. The van der Waals surface area contributed by atoms with Gasteiger partial charge in [0, 0.05) is 37.6 Å². The number of piperazine rings is 1. The third-order valence-electron chi connectivity index (χ3n) is 6.14. The van der Waals surface area contributed by atoms with Crippen molar-refractivity contribution in [3.63, 3.8) is 0 Å². The van der Waals surface area contributed by atoms with Gasteiger partial charge in [0.05, 0.1) is 13.1 Å². The lowest BCUT2D eigenvalue weighted by Gasteiger charge is -2.33. The summed E-state index contributed by atoms with van der Waals surface area (Å²) < 4.78 is 0. The largest absolute Gasteiger partial charge is 0.325 e. The van der Waals surface area contributed by atoms with Crippen LogP contribution in [0.15, 0.2) is 48.5 Å². The van der Waals surface area contributed by atoms with E-state index >= 15 is 0 Å². The summed E-state index contributed by atoms with van der Waals surface area (Å²) in [7, 11) is 0. The van der Waals surface area contributed by atoms with Crippen LogP contribution in [0.25, 0.3) is 0 Å². The van der Waals surface area contributed by atoms with Crippen LogP contribution in [-0.4, -0.2) is 64.5 Å². The van der Waals surface area contributed by atoms with Gasteiger partial charge in [-0.3, -0.25) is 19.4 Å². The smallest absolute Gasteiger partial charge is 0.286 e. The fourth-order valence-electron chi connectivity index (χ4n) is 4.06. The molecule has 8 nitrogen and oxygen atoms in total. The molecular weight excluding hydrogens is 460 g/mol. The van der Waals surface area contributed by atoms with Crippen molar-refractivity contribution in [2.75, 3.05) is 43.4 Å². The summed E-state index contributed by atoms with van der Waals surface area (Å²) in [6.45, 7) is 8.51. The van der Waals surface area contributed by atoms with Crippen molar-refractivity contribution >= 4 is 34.5 Å². The quantitative estimate of drug-likeness (QED) is 0.474. The van der Waals surface area contributed by atoms with Gasteiger partial charge in [0.15, 0.2) is 0 Å². The highest BCUT2D eigenvalue weighted by Crippen LogP contribution is 2.18. The zero-order valence-corrected chi connectivity index (χ0v) is 21.1. The minimum atomic E-state index is -0.238. The third kappa shape index (κ3) is 6.94. The van der Waals surface area contributed by atoms with E-state index in [0.29, 0.717) is 18.1 Å². The molecule has 0 aliphatic carbocycles. The molecule has 0 bridgehead atoms. The topological polar surface area (TPSA) is 90.5 Å². The fourth-order valence-corrected chi connectivity index (χ4v) is 4.84. The van der Waals surface area contributed by atoms with Crippen LogP contribution in [0.5, 0.6) is 0 Å². The van der Waals surface area contributed by atoms with Crippen molar-refractivity contribution in [2.24, 2.45) is 0 Å². The van der Waals surface area contributed by atoms with Crippen LogP contribution >= 0.6 is 11.3 Å². The Morgan fingerprint density at radius 3 is 2.31 bits per heavy atom. The van der Waals surface area contributed by atoms with E-state index in [1.807, 2.05) is 48.5 Å². The van der Waals surface area contributed by atoms with E-state index in [9.17, 15) is 9.59 Å². The van der Waals surface area contributed by atoms with E-state index in [1.165, 1.54) is 16.9 Å². The van der Waals surface area contributed by atoms with Gasteiger partial charge in [0.2, 0.25) is 10.9 Å². The summed E-state index contributed by atoms with van der Waals surface area (Å²) in [4.78, 5) is 29.5. The van der Waals surface area contributed by atoms with Gasteiger partial charge >= 0.3 is 0 Å². The average Bonchev–Trinajstić information content (AvgIpc) is 3.35. The van der Waals surface area contributed by atoms with Crippen LogP contribution in [-0.2, 0) is 24.2 Å². The van der Waals surface area contributed by atoms with Crippen LogP contribution in [0.2, 0.25) is 0 Å². The lowest BCUT2D eigenvalue weighted by molar-refractivity contribution is -0.117. The van der Waals surface area contributed by atoms with Crippen molar-refractivity contribution in [3.8, 4) is 0 Å². The molecule has 1 aliphatic heterocycles. The molecule has 2 amide bonds. The minimum Gasteiger partial charge on any atom is -0.325 e. The monoisotopic (exact) mass is 492 g/mol. The molecule has 2 aromatic carbocycles. The Bertz CT molecular complexity index is 1140. The number of carbonyl (C=O) groups is 2. The van der Waals surface area contributed by atoms with E-state index in [-0.39, 0.29) is 11.8 Å². The second kappa shape index (κ2) is 12.0. The van der Waals surface area contributed by atoms with Crippen molar-refractivity contribution in [1.82, 2.24) is 20.0 Å². The average molecular weight is 493 g/mol. The maximum absolute atomic E-state index is 12.5. The molecule has 184 valence electrons. The highest BCUT2D eigenvalue weighted by atomic mass is 32.1. The Morgan fingerprint density at radius 2 is 1.60 bits per heavy atom. The standard InChI is InChI=1S/C26H32N6O2S/c1-3-19-9-11-21(12-10-19)27-25(34)26-30-29-24(35-26)18-32-15-13-31(14-16-32)17-23(33)28-22-8-6-5-7-20(22)4-2/h5-12H,3-4,13-18H2,1-2H3,(H,27,34)(H,28,33). The number of nitrogens with one attached hydrogen (secondary N) is 2. The van der Waals surface area contributed by atoms with E-state index < -0.39 is 0 Å². The predicted octanol–water partition coefficient (Wildman–Crippen LogP) is 3.67. The van der Waals surface area contributed by atoms with Crippen LogP contribution < -0.4 is 10.6 Å². The summed E-state index contributed by atoms with van der Waals surface area (Å²) in [6, 6.07) is 15.8. The molecule has 9 heteroatoms. The molecule has 0 saturated carbocycles. The SMILES string of the molecule is CCc1ccc(NC(=O)c2nnc(CN3CCN(CC(=O)Nc4ccccc4CC)CC3)s2)cc1. The number of anilines is 2. The number of rotatable bonds is 9. The van der Waals surface area contributed by atoms with E-state index in [1.54, 1.807) is 0 Å². The molecule has 0 unspecified atom stereocenters. The molecular formula is C26H32N6O2S. The van der Waals surface area contributed by atoms with Gasteiger partial charge in [-0.05, 0) is 42.2 Å². The van der Waals surface area contributed by atoms with Crippen LogP contribution in [0.4, 0.5) is 11.4 Å². The van der Waals surface area contributed by atoms with Crippen molar-refractivity contribution in [3.05, 3.63) is 69.7 Å². The number of carbonyl (C=O) groups excluding carboxylic acids is 2. The van der Waals surface area contributed by atoms with E-state index in [2.05, 4.69) is 44.5 Å². The van der Waals surface area contributed by atoms with Gasteiger partial charge in [-0.25, -0.2) is 0 Å². The maximum atomic E-state index is 12.5. The van der Waals surface area contributed by atoms with Crippen LogP contribution in [0, 0.1) is 0 Å². The van der Waals surface area contributed by atoms with Crippen molar-refractivity contribution in [1.29, 1.82) is 0 Å². The molecule has 0 atom stereocenters. The molecule has 3 aromatic rings. The van der Waals surface area contributed by atoms with E-state index in [0.717, 1.165) is 61.0 Å². The molecule has 1 saturated heterocycles. The molecule has 0 radical (unpaired) electrons. The number of aryl methyl sites for hydroxylation is 2. The zero-order chi connectivity index (χ0) is 24.6. The Morgan fingerprint density at radius 1 is 0.886 bits per heavy atom. The van der Waals surface area contributed by atoms with Crippen molar-refractivity contribution < 1.29 is 9.59 Å². The van der Waals surface area contributed by atoms with Gasteiger partial charge in [0.25, 0.3) is 5.91 Å². The van der Waals surface area contributed by atoms with Crippen LogP contribution in [0.3, 0.4) is 0 Å². The Balaban J connectivity index is 1.22. The molecule has 0 spiro atoms. The first-order valence-electron chi connectivity index (χ1n) is 12.1. The summed E-state index contributed by atoms with van der Waals surface area (Å²) in [5.41, 5.74) is 4.02. The van der Waals surface area contributed by atoms with E-state index in [4.69, 9.17) is 0 Å². The Hall–Kier alpha value is -3.14. The first kappa shape index (κ1) is 25.0. The zero-order valence-electron chi connectivity index (χ0n) is 20.3.